The van der Waals surface area contributed by atoms with Crippen molar-refractivity contribution in [1.82, 2.24) is 8.75 Å². The van der Waals surface area contributed by atoms with Gasteiger partial charge in [0, 0.05) is 12.1 Å². The third-order valence-electron chi connectivity index (χ3n) is 1.32. The fourth-order valence-corrected chi connectivity index (χ4v) is 1.30. The minimum absolute atomic E-state index is 0.384. The van der Waals surface area contributed by atoms with E-state index in [9.17, 15) is 4.39 Å². The molecule has 0 saturated heterocycles. The summed E-state index contributed by atoms with van der Waals surface area (Å²) in [7, 11) is 0. The molecule has 0 aliphatic rings. The fraction of sp³-hybridized carbons (Fsp3) is 0. The van der Waals surface area contributed by atoms with E-state index in [-0.39, 0.29) is 5.75 Å². The van der Waals surface area contributed by atoms with Crippen LogP contribution < -0.4 is 0 Å². The molecular formula is C6H3FN2OS. The third kappa shape index (κ3) is 0.932. The Labute approximate surface area is 65.4 Å². The summed E-state index contributed by atoms with van der Waals surface area (Å²) < 4.78 is 20.2. The lowest BCUT2D eigenvalue weighted by Gasteiger charge is -1.91. The van der Waals surface area contributed by atoms with Crippen LogP contribution in [0.25, 0.3) is 11.0 Å². The van der Waals surface area contributed by atoms with Gasteiger partial charge in [0.25, 0.3) is 0 Å². The second-order valence-corrected chi connectivity index (χ2v) is 2.59. The molecule has 0 fully saturated rings. The van der Waals surface area contributed by atoms with Gasteiger partial charge < -0.3 is 5.11 Å². The van der Waals surface area contributed by atoms with Gasteiger partial charge in [0.05, 0.1) is 11.7 Å². The van der Waals surface area contributed by atoms with Crippen LogP contribution in [0, 0.1) is 5.82 Å². The highest BCUT2D eigenvalue weighted by Gasteiger charge is 2.04. The number of rotatable bonds is 0. The second-order valence-electron chi connectivity index (χ2n) is 2.06. The molecule has 0 radical (unpaired) electrons. The molecule has 0 atom stereocenters. The van der Waals surface area contributed by atoms with Gasteiger partial charge in [-0.15, -0.1) is 0 Å². The molecular weight excluding hydrogens is 167 g/mol. The van der Waals surface area contributed by atoms with Crippen molar-refractivity contribution in [3.63, 3.8) is 0 Å². The first-order valence-electron chi connectivity index (χ1n) is 2.88. The van der Waals surface area contributed by atoms with E-state index in [1.165, 1.54) is 6.07 Å². The van der Waals surface area contributed by atoms with E-state index >= 15 is 0 Å². The Morgan fingerprint density at radius 1 is 1.27 bits per heavy atom. The lowest BCUT2D eigenvalue weighted by Crippen LogP contribution is -1.76. The highest BCUT2D eigenvalue weighted by Crippen LogP contribution is 2.21. The minimum Gasteiger partial charge on any atom is -0.505 e. The van der Waals surface area contributed by atoms with E-state index in [0.29, 0.717) is 11.0 Å². The zero-order chi connectivity index (χ0) is 7.84. The Kier molecular flexibility index (Phi) is 1.25. The molecule has 1 aromatic heterocycles. The Bertz CT molecular complexity index is 364. The zero-order valence-corrected chi connectivity index (χ0v) is 6.10. The molecule has 2 aromatic rings. The van der Waals surface area contributed by atoms with Gasteiger partial charge in [-0.3, -0.25) is 0 Å². The molecule has 0 amide bonds. The van der Waals surface area contributed by atoms with Gasteiger partial charge >= 0.3 is 0 Å². The van der Waals surface area contributed by atoms with Crippen molar-refractivity contribution in [3.8, 4) is 5.75 Å². The maximum atomic E-state index is 12.6. The van der Waals surface area contributed by atoms with Gasteiger partial charge in [0.15, 0.2) is 11.6 Å². The van der Waals surface area contributed by atoms with Crippen molar-refractivity contribution in [2.75, 3.05) is 0 Å². The smallest absolute Gasteiger partial charge is 0.167 e. The predicted molar refractivity (Wildman–Crippen MR) is 39.0 cm³/mol. The molecule has 0 aliphatic heterocycles. The molecule has 5 heteroatoms. The minimum atomic E-state index is -0.662. The van der Waals surface area contributed by atoms with Gasteiger partial charge in [-0.1, -0.05) is 0 Å². The number of aromatic nitrogens is 2. The second kappa shape index (κ2) is 2.13. The van der Waals surface area contributed by atoms with E-state index < -0.39 is 5.82 Å². The van der Waals surface area contributed by atoms with Crippen molar-refractivity contribution in [2.45, 2.75) is 0 Å². The number of phenols is 1. The van der Waals surface area contributed by atoms with E-state index in [1.54, 1.807) is 0 Å². The van der Waals surface area contributed by atoms with Crippen LogP contribution in [-0.4, -0.2) is 13.9 Å². The van der Waals surface area contributed by atoms with Crippen LogP contribution in [0.5, 0.6) is 5.75 Å². The fourth-order valence-electron chi connectivity index (χ4n) is 0.795. The van der Waals surface area contributed by atoms with Crippen LogP contribution in [0.1, 0.15) is 0 Å². The van der Waals surface area contributed by atoms with Crippen molar-refractivity contribution in [1.29, 1.82) is 0 Å². The Morgan fingerprint density at radius 2 is 1.91 bits per heavy atom. The average Bonchev–Trinajstić information content (AvgIpc) is 2.36. The molecule has 3 nitrogen and oxygen atoms in total. The molecule has 2 rings (SSSR count). The monoisotopic (exact) mass is 170 g/mol. The summed E-state index contributed by atoms with van der Waals surface area (Å²) in [6.45, 7) is 0. The van der Waals surface area contributed by atoms with Crippen molar-refractivity contribution >= 4 is 22.8 Å². The maximum absolute atomic E-state index is 12.6. The molecule has 0 saturated carbocycles. The predicted octanol–water partition coefficient (Wildman–Crippen LogP) is 1.54. The summed E-state index contributed by atoms with van der Waals surface area (Å²) in [5, 5.41) is 8.90. The summed E-state index contributed by atoms with van der Waals surface area (Å²) in [6.07, 6.45) is 0. The van der Waals surface area contributed by atoms with Crippen molar-refractivity contribution in [3.05, 3.63) is 17.9 Å². The van der Waals surface area contributed by atoms with Crippen LogP contribution in [0.15, 0.2) is 12.1 Å². The summed E-state index contributed by atoms with van der Waals surface area (Å²) in [5.41, 5.74) is 0.999. The molecule has 56 valence electrons. The third-order valence-corrected chi connectivity index (χ3v) is 1.88. The van der Waals surface area contributed by atoms with Crippen LogP contribution in [-0.2, 0) is 0 Å². The topological polar surface area (TPSA) is 46.0 Å². The standard InChI is InChI=1S/C6H3FN2OS/c7-3-1-4-5(2-6(3)10)9-11-8-4/h1-2,10H. The molecule has 0 unspecified atom stereocenters. The van der Waals surface area contributed by atoms with E-state index in [2.05, 4.69) is 8.75 Å². The quantitative estimate of drug-likeness (QED) is 0.652. The number of halogens is 1. The lowest BCUT2D eigenvalue weighted by atomic mass is 10.3. The van der Waals surface area contributed by atoms with Gasteiger partial charge in [0.2, 0.25) is 0 Å². The van der Waals surface area contributed by atoms with Crippen LogP contribution >= 0.6 is 11.7 Å². The van der Waals surface area contributed by atoms with Crippen LogP contribution in [0.2, 0.25) is 0 Å². The van der Waals surface area contributed by atoms with E-state index in [4.69, 9.17) is 5.11 Å². The highest BCUT2D eigenvalue weighted by molar-refractivity contribution is 7.00. The largest absolute Gasteiger partial charge is 0.505 e. The first kappa shape index (κ1) is 6.48. The molecule has 1 N–H and O–H groups in total. The molecule has 1 heterocycles. The summed E-state index contributed by atoms with van der Waals surface area (Å²) in [5.74, 6) is -1.05. The van der Waals surface area contributed by atoms with Gasteiger partial charge in [0.1, 0.15) is 11.0 Å². The molecule has 0 aliphatic carbocycles. The SMILES string of the molecule is Oc1cc2nsnc2cc1F. The maximum Gasteiger partial charge on any atom is 0.167 e. The molecule has 1 aromatic carbocycles. The Balaban J connectivity index is 2.86. The van der Waals surface area contributed by atoms with Crippen LogP contribution in [0.4, 0.5) is 4.39 Å². The van der Waals surface area contributed by atoms with Gasteiger partial charge in [-0.05, 0) is 0 Å². The number of aromatic hydroxyl groups is 1. The summed E-state index contributed by atoms with van der Waals surface area (Å²) >= 11 is 0.992. The molecule has 11 heavy (non-hydrogen) atoms. The number of fused-ring (bicyclic) bond motifs is 1. The molecule has 0 spiro atoms. The number of hydrogen-bond donors (Lipinski definition) is 1. The number of benzene rings is 1. The number of nitrogens with zero attached hydrogens (tertiary/aromatic N) is 2. The van der Waals surface area contributed by atoms with Crippen molar-refractivity contribution in [2.24, 2.45) is 0 Å². The normalized spacial score (nSPS) is 10.6. The summed E-state index contributed by atoms with van der Waals surface area (Å²) in [4.78, 5) is 0. The first-order valence-corrected chi connectivity index (χ1v) is 3.61. The highest BCUT2D eigenvalue weighted by atomic mass is 32.1. The average molecular weight is 170 g/mol. The number of phenolic OH excluding ortho intramolecular Hbond substituents is 1. The van der Waals surface area contributed by atoms with E-state index in [1.807, 2.05) is 0 Å². The number of hydrogen-bond acceptors (Lipinski definition) is 4. The van der Waals surface area contributed by atoms with Crippen LogP contribution in [0.3, 0.4) is 0 Å². The molecule has 0 bridgehead atoms. The van der Waals surface area contributed by atoms with E-state index in [0.717, 1.165) is 17.8 Å². The van der Waals surface area contributed by atoms with Crippen molar-refractivity contribution < 1.29 is 9.50 Å². The van der Waals surface area contributed by atoms with Gasteiger partial charge in [-0.25, -0.2) is 4.39 Å². The zero-order valence-electron chi connectivity index (χ0n) is 5.28. The van der Waals surface area contributed by atoms with Gasteiger partial charge in [-0.2, -0.15) is 8.75 Å². The lowest BCUT2D eigenvalue weighted by molar-refractivity contribution is 0.433. The Hall–Kier alpha value is -1.23. The first-order chi connectivity index (χ1) is 5.27. The summed E-state index contributed by atoms with van der Waals surface area (Å²) in [6, 6.07) is 2.42. The Morgan fingerprint density at radius 3 is 2.64 bits per heavy atom.